The number of alkyl halides is 1. The number of carbonyl (C=O) groups is 1. The van der Waals surface area contributed by atoms with E-state index in [1.165, 1.54) is 0 Å². The zero-order valence-corrected chi connectivity index (χ0v) is 9.47. The number of halogens is 2. The molecule has 0 aromatic carbocycles. The number of esters is 1. The van der Waals surface area contributed by atoms with Crippen LogP contribution in [0.3, 0.4) is 0 Å². The third-order valence-corrected chi connectivity index (χ3v) is 4.01. The van der Waals surface area contributed by atoms with Crippen LogP contribution in [-0.4, -0.2) is 17.4 Å². The molecule has 12 heavy (non-hydrogen) atoms. The minimum Gasteiger partial charge on any atom is -0.456 e. The molecule has 3 aliphatic rings. The van der Waals surface area contributed by atoms with Crippen molar-refractivity contribution in [3.8, 4) is 0 Å². The lowest BCUT2D eigenvalue weighted by molar-refractivity contribution is -0.160. The van der Waals surface area contributed by atoms with Crippen molar-refractivity contribution >= 4 is 37.8 Å². The van der Waals surface area contributed by atoms with Gasteiger partial charge in [0.25, 0.3) is 0 Å². The predicted molar refractivity (Wildman–Crippen MR) is 52.3 cm³/mol. The van der Waals surface area contributed by atoms with Gasteiger partial charge in [0.2, 0.25) is 0 Å². The van der Waals surface area contributed by atoms with Crippen LogP contribution in [0.2, 0.25) is 0 Å². The average molecular weight is 296 g/mol. The van der Waals surface area contributed by atoms with Crippen molar-refractivity contribution in [1.29, 1.82) is 0 Å². The van der Waals surface area contributed by atoms with Crippen molar-refractivity contribution in [2.24, 2.45) is 11.8 Å². The largest absolute Gasteiger partial charge is 0.456 e. The Bertz CT molecular complexity index is 249. The zero-order chi connectivity index (χ0) is 8.72. The summed E-state index contributed by atoms with van der Waals surface area (Å²) in [4.78, 5) is 11.3. The van der Waals surface area contributed by atoms with Crippen LogP contribution in [0.15, 0.2) is 10.6 Å². The van der Waals surface area contributed by atoms with Gasteiger partial charge in [0, 0.05) is 9.81 Å². The van der Waals surface area contributed by atoms with E-state index in [1.54, 1.807) is 0 Å². The number of hydrogen-bond donors (Lipinski definition) is 0. The van der Waals surface area contributed by atoms with Gasteiger partial charge in [-0.1, -0.05) is 37.9 Å². The van der Waals surface area contributed by atoms with Crippen LogP contribution in [0.25, 0.3) is 0 Å². The lowest BCUT2D eigenvalue weighted by Gasteiger charge is -2.37. The summed E-state index contributed by atoms with van der Waals surface area (Å²) >= 11 is 6.81. The van der Waals surface area contributed by atoms with Crippen molar-refractivity contribution < 1.29 is 9.53 Å². The quantitative estimate of drug-likeness (QED) is 0.548. The summed E-state index contributed by atoms with van der Waals surface area (Å²) in [5, 5.41) is 0.875. The Morgan fingerprint density at radius 2 is 2.42 bits per heavy atom. The van der Waals surface area contributed by atoms with Gasteiger partial charge in [0.05, 0.1) is 5.92 Å². The van der Waals surface area contributed by atoms with Crippen LogP contribution in [0.1, 0.15) is 6.42 Å². The van der Waals surface area contributed by atoms with Gasteiger partial charge in [-0.25, -0.2) is 0 Å². The smallest absolute Gasteiger partial charge is 0.313 e. The number of carbonyl (C=O) groups excluding carboxylic acids is 1. The minimum atomic E-state index is -0.0705. The summed E-state index contributed by atoms with van der Waals surface area (Å²) < 4.78 is 6.19. The Morgan fingerprint density at radius 3 is 3.00 bits per heavy atom. The summed E-state index contributed by atoms with van der Waals surface area (Å²) in [5.74, 6) is 0.306. The second-order valence-electron chi connectivity index (χ2n) is 3.15. The molecule has 1 saturated heterocycles. The summed E-state index contributed by atoms with van der Waals surface area (Å²) in [6, 6.07) is 0. The Hall–Kier alpha value is 0.170. The lowest BCUT2D eigenvalue weighted by Crippen LogP contribution is -2.42. The fourth-order valence-electron chi connectivity index (χ4n) is 1.69. The maximum absolute atomic E-state index is 11.3. The van der Waals surface area contributed by atoms with E-state index in [0.29, 0.717) is 5.92 Å². The van der Waals surface area contributed by atoms with Gasteiger partial charge in [-0.2, -0.15) is 0 Å². The van der Waals surface area contributed by atoms with Crippen LogP contribution < -0.4 is 0 Å². The molecule has 0 saturated carbocycles. The summed E-state index contributed by atoms with van der Waals surface area (Å²) in [6.45, 7) is 0. The molecule has 0 amide bonds. The normalized spacial score (nSPS) is 39.3. The van der Waals surface area contributed by atoms with Gasteiger partial charge in [-0.15, -0.1) is 0 Å². The van der Waals surface area contributed by atoms with Crippen LogP contribution in [0, 0.1) is 11.8 Å². The van der Waals surface area contributed by atoms with E-state index in [1.807, 2.05) is 6.08 Å². The predicted octanol–water partition coefficient (Wildman–Crippen LogP) is 2.22. The van der Waals surface area contributed by atoms with Crippen LogP contribution in [-0.2, 0) is 9.53 Å². The van der Waals surface area contributed by atoms with E-state index in [-0.39, 0.29) is 18.0 Å². The molecule has 0 spiro atoms. The van der Waals surface area contributed by atoms with E-state index in [2.05, 4.69) is 31.9 Å². The highest BCUT2D eigenvalue weighted by Gasteiger charge is 2.42. The van der Waals surface area contributed by atoms with Crippen LogP contribution in [0.5, 0.6) is 0 Å². The van der Waals surface area contributed by atoms with Gasteiger partial charge in [-0.3, -0.25) is 4.79 Å². The molecule has 0 N–H and O–H groups in total. The molecular weight excluding hydrogens is 288 g/mol. The maximum atomic E-state index is 11.3. The van der Waals surface area contributed by atoms with Gasteiger partial charge in [0.1, 0.15) is 6.10 Å². The molecule has 2 bridgehead atoms. The first-order valence-electron chi connectivity index (χ1n) is 3.86. The van der Waals surface area contributed by atoms with E-state index < -0.39 is 0 Å². The first-order chi connectivity index (χ1) is 5.72. The first kappa shape index (κ1) is 8.75. The van der Waals surface area contributed by atoms with Crippen LogP contribution in [0.4, 0.5) is 0 Å². The van der Waals surface area contributed by atoms with Gasteiger partial charge < -0.3 is 4.74 Å². The summed E-state index contributed by atoms with van der Waals surface area (Å²) in [7, 11) is 0. The van der Waals surface area contributed by atoms with E-state index in [4.69, 9.17) is 4.74 Å². The van der Waals surface area contributed by atoms with E-state index in [0.717, 1.165) is 16.2 Å². The molecule has 4 heteroatoms. The standard InChI is InChI=1S/C8H8Br2O2/c9-3-4-1-7-6(10)2-5(4)8(11)12-7/h2,4-5,7H,1,3H2/t4-,5-,7-/m0/s1. The SMILES string of the molecule is O=C1O[C@H]2C[C@@H](CBr)[C@@H]1C=C2Br. The Balaban J connectivity index is 2.28. The Morgan fingerprint density at radius 1 is 1.67 bits per heavy atom. The number of ether oxygens (including phenoxy) is 1. The van der Waals surface area contributed by atoms with Crippen molar-refractivity contribution in [3.63, 3.8) is 0 Å². The Labute approximate surface area is 87.6 Å². The highest BCUT2D eigenvalue weighted by molar-refractivity contribution is 9.11. The number of hydrogen-bond acceptors (Lipinski definition) is 2. The molecule has 0 unspecified atom stereocenters. The molecule has 1 fully saturated rings. The molecule has 2 nitrogen and oxygen atoms in total. The van der Waals surface area contributed by atoms with Gasteiger partial charge in [0.15, 0.2) is 0 Å². The minimum absolute atomic E-state index is 0.0231. The molecule has 3 atom stereocenters. The summed E-state index contributed by atoms with van der Waals surface area (Å²) in [5.41, 5.74) is 0. The second-order valence-corrected chi connectivity index (χ2v) is 4.72. The molecular formula is C8H8Br2O2. The topological polar surface area (TPSA) is 26.3 Å². The summed E-state index contributed by atoms with van der Waals surface area (Å²) in [6.07, 6.45) is 2.90. The first-order valence-corrected chi connectivity index (χ1v) is 5.77. The number of rotatable bonds is 1. The van der Waals surface area contributed by atoms with E-state index in [9.17, 15) is 4.79 Å². The molecule has 1 aliphatic carbocycles. The van der Waals surface area contributed by atoms with Crippen molar-refractivity contribution in [2.75, 3.05) is 5.33 Å². The van der Waals surface area contributed by atoms with Gasteiger partial charge in [-0.05, 0) is 12.3 Å². The zero-order valence-electron chi connectivity index (χ0n) is 6.30. The fraction of sp³-hybridized carbons (Fsp3) is 0.625. The lowest BCUT2D eigenvalue weighted by atomic mass is 9.81. The molecule has 0 radical (unpaired) electrons. The highest BCUT2D eigenvalue weighted by atomic mass is 79.9. The van der Waals surface area contributed by atoms with Crippen molar-refractivity contribution in [1.82, 2.24) is 0 Å². The average Bonchev–Trinajstić information content (AvgIpc) is 2.06. The molecule has 0 aromatic heterocycles. The Kier molecular flexibility index (Phi) is 2.29. The molecule has 2 heterocycles. The third kappa shape index (κ3) is 1.25. The highest BCUT2D eigenvalue weighted by Crippen LogP contribution is 2.40. The molecule has 66 valence electrons. The maximum Gasteiger partial charge on any atom is 0.313 e. The third-order valence-electron chi connectivity index (χ3n) is 2.40. The van der Waals surface area contributed by atoms with Crippen molar-refractivity contribution in [2.45, 2.75) is 12.5 Å². The molecule has 0 aromatic rings. The van der Waals surface area contributed by atoms with Gasteiger partial charge >= 0.3 is 5.97 Å². The number of fused-ring (bicyclic) bond motifs is 2. The van der Waals surface area contributed by atoms with Crippen LogP contribution >= 0.6 is 31.9 Å². The molecule has 3 rings (SSSR count). The fourth-order valence-corrected chi connectivity index (χ4v) is 2.92. The van der Waals surface area contributed by atoms with E-state index >= 15 is 0 Å². The molecule has 2 aliphatic heterocycles. The second kappa shape index (κ2) is 3.14. The van der Waals surface area contributed by atoms with Crippen molar-refractivity contribution in [3.05, 3.63) is 10.6 Å². The monoisotopic (exact) mass is 294 g/mol.